The Bertz CT molecular complexity index is 400. The second-order valence-electron chi connectivity index (χ2n) is 3.29. The summed E-state index contributed by atoms with van der Waals surface area (Å²) in [5, 5.41) is 10.6. The van der Waals surface area contributed by atoms with Crippen molar-refractivity contribution in [2.75, 3.05) is 18.0 Å². The first-order valence-corrected chi connectivity index (χ1v) is 5.12. The third-order valence-corrected chi connectivity index (χ3v) is 2.46. The van der Waals surface area contributed by atoms with E-state index in [0.29, 0.717) is 6.29 Å². The number of nitro groups is 1. The smallest absolute Gasteiger partial charge is 0.280 e. The molecule has 0 heterocycles. The van der Waals surface area contributed by atoms with Gasteiger partial charge in [-0.25, -0.2) is 0 Å². The summed E-state index contributed by atoms with van der Waals surface area (Å²) in [5.74, 6) is 0. The van der Waals surface area contributed by atoms with Crippen LogP contribution in [0, 0.1) is 10.1 Å². The molecule has 86 valence electrons. The Kier molecular flexibility index (Phi) is 3.99. The van der Waals surface area contributed by atoms with Gasteiger partial charge in [0.05, 0.1) is 10.5 Å². The Labute approximate surface area is 93.8 Å². The van der Waals surface area contributed by atoms with Crippen LogP contribution in [0.3, 0.4) is 0 Å². The SMILES string of the molecule is CCN(CC)c1ccc([N+](=O)[O-])c(C=O)c1. The molecule has 16 heavy (non-hydrogen) atoms. The fraction of sp³-hybridized carbons (Fsp3) is 0.364. The monoisotopic (exact) mass is 222 g/mol. The number of hydrogen-bond acceptors (Lipinski definition) is 4. The molecular weight excluding hydrogens is 208 g/mol. The lowest BCUT2D eigenvalue weighted by molar-refractivity contribution is -0.385. The molecule has 0 atom stereocenters. The van der Waals surface area contributed by atoms with E-state index in [1.165, 1.54) is 6.07 Å². The van der Waals surface area contributed by atoms with E-state index in [9.17, 15) is 14.9 Å². The van der Waals surface area contributed by atoms with Crippen molar-refractivity contribution in [1.82, 2.24) is 0 Å². The molecule has 1 aromatic carbocycles. The van der Waals surface area contributed by atoms with Gasteiger partial charge < -0.3 is 4.90 Å². The Morgan fingerprint density at radius 3 is 2.44 bits per heavy atom. The van der Waals surface area contributed by atoms with Gasteiger partial charge in [-0.15, -0.1) is 0 Å². The maximum atomic E-state index is 10.8. The zero-order valence-electron chi connectivity index (χ0n) is 9.34. The summed E-state index contributed by atoms with van der Waals surface area (Å²) in [4.78, 5) is 22.9. The summed E-state index contributed by atoms with van der Waals surface area (Å²) >= 11 is 0. The molecule has 0 saturated carbocycles. The van der Waals surface area contributed by atoms with Gasteiger partial charge in [0.1, 0.15) is 0 Å². The van der Waals surface area contributed by atoms with E-state index in [1.807, 2.05) is 18.7 Å². The first-order valence-electron chi connectivity index (χ1n) is 5.12. The van der Waals surface area contributed by atoms with Gasteiger partial charge in [0.2, 0.25) is 0 Å². The van der Waals surface area contributed by atoms with E-state index in [4.69, 9.17) is 0 Å². The van der Waals surface area contributed by atoms with Crippen molar-refractivity contribution in [3.05, 3.63) is 33.9 Å². The number of anilines is 1. The van der Waals surface area contributed by atoms with E-state index >= 15 is 0 Å². The van der Waals surface area contributed by atoms with Crippen LogP contribution in [0.1, 0.15) is 24.2 Å². The lowest BCUT2D eigenvalue weighted by atomic mass is 10.1. The largest absolute Gasteiger partial charge is 0.372 e. The van der Waals surface area contributed by atoms with Crippen molar-refractivity contribution < 1.29 is 9.72 Å². The zero-order chi connectivity index (χ0) is 12.1. The number of nitrogens with zero attached hydrogens (tertiary/aromatic N) is 2. The van der Waals surface area contributed by atoms with Crippen LogP contribution in [0.25, 0.3) is 0 Å². The van der Waals surface area contributed by atoms with Crippen molar-refractivity contribution in [3.8, 4) is 0 Å². The number of nitro benzene ring substituents is 1. The minimum atomic E-state index is -0.546. The Hall–Kier alpha value is -1.91. The number of rotatable bonds is 5. The number of benzene rings is 1. The van der Waals surface area contributed by atoms with E-state index < -0.39 is 4.92 Å². The van der Waals surface area contributed by atoms with Crippen LogP contribution in [-0.2, 0) is 0 Å². The van der Waals surface area contributed by atoms with E-state index in [-0.39, 0.29) is 11.3 Å². The normalized spacial score (nSPS) is 9.88. The summed E-state index contributed by atoms with van der Waals surface area (Å²) in [6, 6.07) is 4.59. The Morgan fingerprint density at radius 1 is 1.38 bits per heavy atom. The molecule has 0 saturated heterocycles. The first kappa shape index (κ1) is 12.2. The molecule has 0 aliphatic heterocycles. The quantitative estimate of drug-likeness (QED) is 0.435. The van der Waals surface area contributed by atoms with Crippen LogP contribution >= 0.6 is 0 Å². The molecule has 5 nitrogen and oxygen atoms in total. The third kappa shape index (κ3) is 2.36. The average molecular weight is 222 g/mol. The first-order chi connectivity index (χ1) is 7.63. The predicted molar refractivity (Wildman–Crippen MR) is 62.0 cm³/mol. The van der Waals surface area contributed by atoms with E-state index in [0.717, 1.165) is 18.8 Å². The fourth-order valence-electron chi connectivity index (χ4n) is 1.59. The minimum absolute atomic E-state index is 0.120. The fourth-order valence-corrected chi connectivity index (χ4v) is 1.59. The van der Waals surface area contributed by atoms with Crippen molar-refractivity contribution in [2.45, 2.75) is 13.8 Å². The molecule has 0 bridgehead atoms. The maximum absolute atomic E-state index is 10.8. The van der Waals surface area contributed by atoms with Crippen molar-refractivity contribution in [1.29, 1.82) is 0 Å². The van der Waals surface area contributed by atoms with Crippen LogP contribution in [0.2, 0.25) is 0 Å². The van der Waals surface area contributed by atoms with Crippen LogP contribution in [0.4, 0.5) is 11.4 Å². The molecule has 0 aromatic heterocycles. The van der Waals surface area contributed by atoms with E-state index in [1.54, 1.807) is 12.1 Å². The molecule has 0 amide bonds. The summed E-state index contributed by atoms with van der Waals surface area (Å²) in [6.45, 7) is 5.58. The molecule has 0 N–H and O–H groups in total. The average Bonchev–Trinajstić information content (AvgIpc) is 2.30. The van der Waals surface area contributed by atoms with Gasteiger partial charge in [-0.05, 0) is 26.0 Å². The Morgan fingerprint density at radius 2 is 2.00 bits per heavy atom. The molecule has 0 aliphatic carbocycles. The third-order valence-electron chi connectivity index (χ3n) is 2.46. The minimum Gasteiger partial charge on any atom is -0.372 e. The summed E-state index contributed by atoms with van der Waals surface area (Å²) < 4.78 is 0. The van der Waals surface area contributed by atoms with Crippen LogP contribution < -0.4 is 4.90 Å². The topological polar surface area (TPSA) is 63.4 Å². The molecule has 1 aromatic rings. The van der Waals surface area contributed by atoms with Crippen molar-refractivity contribution in [3.63, 3.8) is 0 Å². The van der Waals surface area contributed by atoms with Gasteiger partial charge in [0.25, 0.3) is 5.69 Å². The van der Waals surface area contributed by atoms with Gasteiger partial charge in [-0.2, -0.15) is 0 Å². The molecule has 0 radical (unpaired) electrons. The predicted octanol–water partition coefficient (Wildman–Crippen LogP) is 2.25. The molecule has 5 heteroatoms. The highest BCUT2D eigenvalue weighted by Crippen LogP contribution is 2.23. The van der Waals surface area contributed by atoms with Crippen LogP contribution in [0.15, 0.2) is 18.2 Å². The highest BCUT2D eigenvalue weighted by molar-refractivity contribution is 5.83. The maximum Gasteiger partial charge on any atom is 0.280 e. The second kappa shape index (κ2) is 5.25. The van der Waals surface area contributed by atoms with Crippen LogP contribution in [-0.4, -0.2) is 24.3 Å². The number of carbonyl (C=O) groups excluding carboxylic acids is 1. The molecule has 0 aliphatic rings. The summed E-state index contributed by atoms with van der Waals surface area (Å²) in [5.41, 5.74) is 0.804. The number of aldehydes is 1. The summed E-state index contributed by atoms with van der Waals surface area (Å²) in [7, 11) is 0. The molecule has 1 rings (SSSR count). The van der Waals surface area contributed by atoms with E-state index in [2.05, 4.69) is 0 Å². The van der Waals surface area contributed by atoms with Crippen molar-refractivity contribution >= 4 is 17.7 Å². The lowest BCUT2D eigenvalue weighted by Gasteiger charge is -2.20. The lowest BCUT2D eigenvalue weighted by Crippen LogP contribution is -2.21. The van der Waals surface area contributed by atoms with Gasteiger partial charge >= 0.3 is 0 Å². The van der Waals surface area contributed by atoms with Gasteiger partial charge in [0.15, 0.2) is 6.29 Å². The Balaban J connectivity index is 3.17. The molecule has 0 spiro atoms. The van der Waals surface area contributed by atoms with Gasteiger partial charge in [-0.1, -0.05) is 0 Å². The van der Waals surface area contributed by atoms with Gasteiger partial charge in [0, 0.05) is 24.8 Å². The zero-order valence-corrected chi connectivity index (χ0v) is 9.34. The standard InChI is InChI=1S/C11H14N2O3/c1-3-12(4-2)10-5-6-11(13(15)16)9(7-10)8-14/h5-8H,3-4H2,1-2H3. The van der Waals surface area contributed by atoms with Crippen molar-refractivity contribution in [2.24, 2.45) is 0 Å². The number of hydrogen-bond donors (Lipinski definition) is 0. The molecular formula is C11H14N2O3. The molecule has 0 unspecified atom stereocenters. The molecule has 0 fully saturated rings. The highest BCUT2D eigenvalue weighted by Gasteiger charge is 2.14. The highest BCUT2D eigenvalue weighted by atomic mass is 16.6. The van der Waals surface area contributed by atoms with Gasteiger partial charge in [-0.3, -0.25) is 14.9 Å². The number of carbonyl (C=O) groups is 1. The summed E-state index contributed by atoms with van der Waals surface area (Å²) in [6.07, 6.45) is 0.519. The van der Waals surface area contributed by atoms with Crippen LogP contribution in [0.5, 0.6) is 0 Å². The second-order valence-corrected chi connectivity index (χ2v) is 3.29.